The first kappa shape index (κ1) is 15.3. The Hall–Kier alpha value is -3.19. The number of rotatable bonds is 1. The van der Waals surface area contributed by atoms with Crippen molar-refractivity contribution in [3.05, 3.63) is 85.8 Å². The van der Waals surface area contributed by atoms with Gasteiger partial charge in [-0.15, -0.1) is 0 Å². The van der Waals surface area contributed by atoms with Gasteiger partial charge in [0.2, 0.25) is 0 Å². The SMILES string of the molecule is O=C1N=C(n2[nH]c(=O)c3ccccc3c2=O)S/C1=C/c1ccccc1. The van der Waals surface area contributed by atoms with Crippen molar-refractivity contribution >= 4 is 39.7 Å². The molecule has 0 radical (unpaired) electrons. The fourth-order valence-corrected chi connectivity index (χ4v) is 3.40. The van der Waals surface area contributed by atoms with Gasteiger partial charge in [0.05, 0.1) is 15.7 Å². The van der Waals surface area contributed by atoms with Crippen molar-refractivity contribution in [2.75, 3.05) is 0 Å². The number of carbonyl (C=O) groups excluding carboxylic acids is 1. The number of thioether (sulfide) groups is 1. The topological polar surface area (TPSA) is 84.3 Å². The molecule has 1 aliphatic heterocycles. The molecule has 3 aromatic rings. The summed E-state index contributed by atoms with van der Waals surface area (Å²) >= 11 is 1.05. The maximum absolute atomic E-state index is 12.6. The summed E-state index contributed by atoms with van der Waals surface area (Å²) in [5.41, 5.74) is 0.0239. The number of carbonyl (C=O) groups is 1. The van der Waals surface area contributed by atoms with Crippen molar-refractivity contribution in [1.29, 1.82) is 0 Å². The third-order valence-electron chi connectivity index (χ3n) is 3.72. The van der Waals surface area contributed by atoms with E-state index in [0.717, 1.165) is 22.0 Å². The molecule has 2 aromatic carbocycles. The number of aromatic nitrogens is 2. The molecule has 0 fully saturated rings. The molecule has 1 amide bonds. The van der Waals surface area contributed by atoms with Crippen LogP contribution in [-0.4, -0.2) is 20.9 Å². The normalized spacial score (nSPS) is 15.8. The number of amides is 1. The Labute approximate surface area is 145 Å². The largest absolute Gasteiger partial charge is 0.286 e. The standard InChI is InChI=1S/C18H11N3O3S/c22-15-12-8-4-5-9-13(12)17(24)21(20-15)18-19-16(23)14(25-18)10-11-6-2-1-3-7-11/h1-10H,(H,20,22)/b14-10+. The zero-order chi connectivity index (χ0) is 17.4. The van der Waals surface area contributed by atoms with Crippen LogP contribution in [0.4, 0.5) is 0 Å². The van der Waals surface area contributed by atoms with Crippen LogP contribution in [0, 0.1) is 0 Å². The smallest absolute Gasteiger partial charge is 0.267 e. The van der Waals surface area contributed by atoms with Crippen LogP contribution in [-0.2, 0) is 4.79 Å². The van der Waals surface area contributed by atoms with E-state index in [1.165, 1.54) is 0 Å². The fraction of sp³-hybridized carbons (Fsp3) is 0. The predicted octanol–water partition coefficient (Wildman–Crippen LogP) is 2.21. The van der Waals surface area contributed by atoms with Crippen molar-refractivity contribution in [2.45, 2.75) is 0 Å². The van der Waals surface area contributed by atoms with Crippen LogP contribution in [0.1, 0.15) is 5.56 Å². The van der Waals surface area contributed by atoms with E-state index in [0.29, 0.717) is 10.3 Å². The lowest BCUT2D eigenvalue weighted by atomic mass is 10.2. The maximum atomic E-state index is 12.6. The minimum Gasteiger partial charge on any atom is -0.267 e. The molecule has 0 atom stereocenters. The molecule has 122 valence electrons. The van der Waals surface area contributed by atoms with Crippen molar-refractivity contribution in [3.63, 3.8) is 0 Å². The summed E-state index contributed by atoms with van der Waals surface area (Å²) in [6.45, 7) is 0. The van der Waals surface area contributed by atoms with Crippen LogP contribution >= 0.6 is 11.8 Å². The van der Waals surface area contributed by atoms with Gasteiger partial charge in [-0.3, -0.25) is 19.5 Å². The summed E-state index contributed by atoms with van der Waals surface area (Å²) in [6.07, 6.45) is 1.70. The molecular formula is C18H11N3O3S. The molecule has 6 nitrogen and oxygen atoms in total. The van der Waals surface area contributed by atoms with Crippen LogP contribution in [0.15, 0.2) is 74.1 Å². The second kappa shape index (κ2) is 6.03. The van der Waals surface area contributed by atoms with Gasteiger partial charge in [0, 0.05) is 0 Å². The second-order valence-corrected chi connectivity index (χ2v) is 6.36. The highest BCUT2D eigenvalue weighted by molar-refractivity contribution is 8.18. The molecule has 1 aromatic heterocycles. The Balaban J connectivity index is 1.79. The molecule has 0 unspecified atom stereocenters. The van der Waals surface area contributed by atoms with E-state index < -0.39 is 17.0 Å². The first-order valence-corrected chi connectivity index (χ1v) is 8.27. The third kappa shape index (κ3) is 2.74. The molecule has 1 N–H and O–H groups in total. The van der Waals surface area contributed by atoms with Crippen LogP contribution in [0.2, 0.25) is 0 Å². The third-order valence-corrected chi connectivity index (χ3v) is 4.69. The van der Waals surface area contributed by atoms with Crippen LogP contribution < -0.4 is 11.1 Å². The van der Waals surface area contributed by atoms with Gasteiger partial charge in [0.15, 0.2) is 5.17 Å². The number of fused-ring (bicyclic) bond motifs is 1. The molecule has 0 saturated heterocycles. The minimum absolute atomic E-state index is 0.139. The van der Waals surface area contributed by atoms with E-state index in [1.807, 2.05) is 30.3 Å². The Morgan fingerprint density at radius 1 is 0.920 bits per heavy atom. The van der Waals surface area contributed by atoms with E-state index in [9.17, 15) is 14.4 Å². The fourth-order valence-electron chi connectivity index (χ4n) is 2.53. The molecule has 0 bridgehead atoms. The van der Waals surface area contributed by atoms with Gasteiger partial charge in [-0.05, 0) is 35.5 Å². The van der Waals surface area contributed by atoms with Gasteiger partial charge >= 0.3 is 0 Å². The molecule has 0 aliphatic carbocycles. The number of benzene rings is 2. The molecule has 4 rings (SSSR count). The summed E-state index contributed by atoms with van der Waals surface area (Å²) in [6, 6.07) is 15.9. The Kier molecular flexibility index (Phi) is 3.70. The van der Waals surface area contributed by atoms with Crippen molar-refractivity contribution < 1.29 is 4.79 Å². The van der Waals surface area contributed by atoms with E-state index in [2.05, 4.69) is 10.1 Å². The summed E-state index contributed by atoms with van der Waals surface area (Å²) in [5.74, 6) is -0.440. The first-order chi connectivity index (χ1) is 12.1. The van der Waals surface area contributed by atoms with Gasteiger partial charge in [-0.1, -0.05) is 42.5 Å². The summed E-state index contributed by atoms with van der Waals surface area (Å²) in [5, 5.41) is 3.21. The number of hydrogen-bond acceptors (Lipinski definition) is 4. The molecule has 2 heterocycles. The molecule has 0 spiro atoms. The first-order valence-electron chi connectivity index (χ1n) is 7.45. The lowest BCUT2D eigenvalue weighted by Gasteiger charge is -2.05. The van der Waals surface area contributed by atoms with Crippen LogP contribution in [0.3, 0.4) is 0 Å². The average molecular weight is 349 g/mol. The monoisotopic (exact) mass is 349 g/mol. The Morgan fingerprint density at radius 3 is 2.36 bits per heavy atom. The van der Waals surface area contributed by atoms with Gasteiger partial charge < -0.3 is 0 Å². The van der Waals surface area contributed by atoms with Crippen LogP contribution in [0.5, 0.6) is 0 Å². The zero-order valence-corrected chi connectivity index (χ0v) is 13.6. The molecule has 1 aliphatic rings. The molecule has 7 heteroatoms. The number of H-pyrrole nitrogens is 1. The van der Waals surface area contributed by atoms with Crippen molar-refractivity contribution in [2.24, 2.45) is 4.99 Å². The lowest BCUT2D eigenvalue weighted by Crippen LogP contribution is -2.33. The number of nitrogens with zero attached hydrogens (tertiary/aromatic N) is 2. The van der Waals surface area contributed by atoms with E-state index in [4.69, 9.17) is 0 Å². The Morgan fingerprint density at radius 2 is 1.60 bits per heavy atom. The second-order valence-electron chi connectivity index (χ2n) is 5.35. The highest BCUT2D eigenvalue weighted by Gasteiger charge is 2.25. The number of hydrogen-bond donors (Lipinski definition) is 1. The van der Waals surface area contributed by atoms with E-state index in [1.54, 1.807) is 30.3 Å². The highest BCUT2D eigenvalue weighted by atomic mass is 32.2. The maximum Gasteiger partial charge on any atom is 0.286 e. The highest BCUT2D eigenvalue weighted by Crippen LogP contribution is 2.28. The van der Waals surface area contributed by atoms with Gasteiger partial charge in [-0.2, -0.15) is 9.67 Å². The number of nitrogens with one attached hydrogen (secondary N) is 1. The van der Waals surface area contributed by atoms with Crippen molar-refractivity contribution in [3.8, 4) is 0 Å². The van der Waals surface area contributed by atoms with Gasteiger partial charge in [-0.25, -0.2) is 0 Å². The average Bonchev–Trinajstić information content (AvgIpc) is 2.99. The molecule has 0 saturated carbocycles. The van der Waals surface area contributed by atoms with Crippen LogP contribution in [0.25, 0.3) is 16.8 Å². The lowest BCUT2D eigenvalue weighted by molar-refractivity contribution is -0.113. The minimum atomic E-state index is -0.440. The summed E-state index contributed by atoms with van der Waals surface area (Å²) in [4.78, 5) is 41.2. The van der Waals surface area contributed by atoms with Crippen molar-refractivity contribution in [1.82, 2.24) is 9.78 Å². The quantitative estimate of drug-likeness (QED) is 0.683. The predicted molar refractivity (Wildman–Crippen MR) is 98.7 cm³/mol. The zero-order valence-electron chi connectivity index (χ0n) is 12.8. The van der Waals surface area contributed by atoms with Gasteiger partial charge in [0.1, 0.15) is 0 Å². The number of aliphatic imine (C=N–C) groups is 1. The van der Waals surface area contributed by atoms with E-state index in [-0.39, 0.29) is 10.6 Å². The number of aromatic amines is 1. The summed E-state index contributed by atoms with van der Waals surface area (Å²) in [7, 11) is 0. The van der Waals surface area contributed by atoms with Gasteiger partial charge in [0.25, 0.3) is 17.0 Å². The molecular weight excluding hydrogens is 338 g/mol. The summed E-state index contributed by atoms with van der Waals surface area (Å²) < 4.78 is 1.03. The van der Waals surface area contributed by atoms with E-state index >= 15 is 0 Å². The Bertz CT molecular complexity index is 1170. The molecule has 25 heavy (non-hydrogen) atoms.